The Labute approximate surface area is 125 Å². The Morgan fingerprint density at radius 1 is 1.32 bits per heavy atom. The zero-order valence-corrected chi connectivity index (χ0v) is 12.8. The van der Waals surface area contributed by atoms with Crippen molar-refractivity contribution in [3.8, 4) is 0 Å². The Morgan fingerprint density at radius 2 is 2.11 bits per heavy atom. The predicted octanol–water partition coefficient (Wildman–Crippen LogP) is 4.49. The van der Waals surface area contributed by atoms with Crippen LogP contribution in [0.2, 0.25) is 0 Å². The minimum absolute atomic E-state index is 0.147. The summed E-state index contributed by atoms with van der Waals surface area (Å²) in [6.45, 7) is 0.853. The third kappa shape index (κ3) is 2.60. The standard InChI is InChI=1S/C15H14BrNOS/c16-14-9-12(10-19-14)15(18)17-8-4-7-13(17)11-5-2-1-3-6-11/h1-3,5-6,9-10,13H,4,7-8H2. The molecule has 1 atom stereocenters. The van der Waals surface area contributed by atoms with E-state index in [1.54, 1.807) is 11.3 Å². The first kappa shape index (κ1) is 12.9. The molecule has 0 radical (unpaired) electrons. The van der Waals surface area contributed by atoms with Crippen LogP contribution >= 0.6 is 27.3 Å². The van der Waals surface area contributed by atoms with Crippen LogP contribution in [0.4, 0.5) is 0 Å². The monoisotopic (exact) mass is 335 g/mol. The van der Waals surface area contributed by atoms with Crippen molar-refractivity contribution >= 4 is 33.2 Å². The highest BCUT2D eigenvalue weighted by molar-refractivity contribution is 9.11. The van der Waals surface area contributed by atoms with E-state index < -0.39 is 0 Å². The molecule has 4 heteroatoms. The summed E-state index contributed by atoms with van der Waals surface area (Å²) < 4.78 is 1.01. The molecule has 1 aliphatic heterocycles. The molecule has 0 bridgehead atoms. The predicted molar refractivity (Wildman–Crippen MR) is 81.5 cm³/mol. The quantitative estimate of drug-likeness (QED) is 0.791. The van der Waals surface area contributed by atoms with Crippen LogP contribution in [0.15, 0.2) is 45.6 Å². The maximum Gasteiger partial charge on any atom is 0.255 e. The largest absolute Gasteiger partial charge is 0.332 e. The maximum atomic E-state index is 12.6. The van der Waals surface area contributed by atoms with Crippen LogP contribution in [-0.2, 0) is 0 Å². The molecule has 0 N–H and O–H groups in total. The van der Waals surface area contributed by atoms with Crippen LogP contribution in [0.25, 0.3) is 0 Å². The number of rotatable bonds is 2. The molecule has 19 heavy (non-hydrogen) atoms. The highest BCUT2D eigenvalue weighted by Gasteiger charge is 2.30. The summed E-state index contributed by atoms with van der Waals surface area (Å²) in [5, 5.41) is 1.92. The van der Waals surface area contributed by atoms with Crippen LogP contribution in [0.5, 0.6) is 0 Å². The van der Waals surface area contributed by atoms with Gasteiger partial charge in [-0.2, -0.15) is 0 Å². The minimum Gasteiger partial charge on any atom is -0.332 e. The lowest BCUT2D eigenvalue weighted by Crippen LogP contribution is -2.30. The smallest absolute Gasteiger partial charge is 0.255 e. The maximum absolute atomic E-state index is 12.6. The Morgan fingerprint density at radius 3 is 2.79 bits per heavy atom. The summed E-state index contributed by atoms with van der Waals surface area (Å²) in [7, 11) is 0. The van der Waals surface area contributed by atoms with Crippen molar-refractivity contribution in [2.75, 3.05) is 6.54 Å². The van der Waals surface area contributed by atoms with Crippen LogP contribution in [0, 0.1) is 0 Å². The summed E-state index contributed by atoms with van der Waals surface area (Å²) in [5.41, 5.74) is 2.03. The second-order valence-electron chi connectivity index (χ2n) is 4.71. The van der Waals surface area contributed by atoms with E-state index in [1.165, 1.54) is 5.56 Å². The van der Waals surface area contributed by atoms with Gasteiger partial charge in [-0.3, -0.25) is 4.79 Å². The molecule has 1 amide bonds. The van der Waals surface area contributed by atoms with Crippen molar-refractivity contribution < 1.29 is 4.79 Å². The van der Waals surface area contributed by atoms with E-state index in [1.807, 2.05) is 34.5 Å². The van der Waals surface area contributed by atoms with Gasteiger partial charge in [0.1, 0.15) is 0 Å². The van der Waals surface area contributed by atoms with E-state index in [4.69, 9.17) is 0 Å². The van der Waals surface area contributed by atoms with Crippen molar-refractivity contribution in [3.63, 3.8) is 0 Å². The molecule has 2 aromatic rings. The molecule has 0 aliphatic carbocycles. The Hall–Kier alpha value is -1.13. The van der Waals surface area contributed by atoms with Gasteiger partial charge in [-0.25, -0.2) is 0 Å². The van der Waals surface area contributed by atoms with E-state index in [2.05, 4.69) is 28.1 Å². The Kier molecular flexibility index (Phi) is 3.71. The molecule has 1 saturated heterocycles. The molecule has 0 saturated carbocycles. The average Bonchev–Trinajstić information content (AvgIpc) is 3.07. The Bertz CT molecular complexity index is 581. The number of nitrogens with zero attached hydrogens (tertiary/aromatic N) is 1. The zero-order chi connectivity index (χ0) is 13.2. The lowest BCUT2D eigenvalue weighted by Gasteiger charge is -2.24. The van der Waals surface area contributed by atoms with E-state index in [9.17, 15) is 4.79 Å². The number of carbonyl (C=O) groups excluding carboxylic acids is 1. The molecule has 1 fully saturated rings. The summed E-state index contributed by atoms with van der Waals surface area (Å²) in [4.78, 5) is 14.6. The number of benzene rings is 1. The van der Waals surface area contributed by atoms with Gasteiger partial charge < -0.3 is 4.90 Å². The van der Waals surface area contributed by atoms with Crippen molar-refractivity contribution in [3.05, 3.63) is 56.7 Å². The summed E-state index contributed by atoms with van der Waals surface area (Å²) in [6, 6.07) is 12.5. The number of halogens is 1. The van der Waals surface area contributed by atoms with Gasteiger partial charge in [0.25, 0.3) is 5.91 Å². The molecule has 0 spiro atoms. The van der Waals surface area contributed by atoms with Gasteiger partial charge in [0, 0.05) is 11.9 Å². The Balaban J connectivity index is 1.86. The van der Waals surface area contributed by atoms with Gasteiger partial charge in [-0.1, -0.05) is 30.3 Å². The SMILES string of the molecule is O=C(c1csc(Br)c1)N1CCCC1c1ccccc1. The fraction of sp³-hybridized carbons (Fsp3) is 0.267. The van der Waals surface area contributed by atoms with E-state index in [0.29, 0.717) is 0 Å². The first-order chi connectivity index (χ1) is 9.25. The highest BCUT2D eigenvalue weighted by Crippen LogP contribution is 2.34. The zero-order valence-electron chi connectivity index (χ0n) is 10.4. The topological polar surface area (TPSA) is 20.3 Å². The minimum atomic E-state index is 0.147. The number of amides is 1. The van der Waals surface area contributed by atoms with Gasteiger partial charge >= 0.3 is 0 Å². The normalized spacial score (nSPS) is 18.8. The van der Waals surface area contributed by atoms with E-state index >= 15 is 0 Å². The first-order valence-corrected chi connectivity index (χ1v) is 8.03. The second-order valence-corrected chi connectivity index (χ2v) is 7.00. The molecular formula is C15H14BrNOS. The van der Waals surface area contributed by atoms with Crippen molar-refractivity contribution in [1.82, 2.24) is 4.90 Å². The van der Waals surface area contributed by atoms with E-state index in [0.717, 1.165) is 28.7 Å². The fourth-order valence-corrected chi connectivity index (χ4v) is 3.75. The van der Waals surface area contributed by atoms with E-state index in [-0.39, 0.29) is 11.9 Å². The molecule has 1 aliphatic rings. The average molecular weight is 336 g/mol. The lowest BCUT2D eigenvalue weighted by atomic mass is 10.0. The fourth-order valence-electron chi connectivity index (χ4n) is 2.62. The molecule has 1 aromatic carbocycles. The molecule has 2 heterocycles. The number of hydrogen-bond donors (Lipinski definition) is 0. The van der Waals surface area contributed by atoms with Crippen molar-refractivity contribution in [1.29, 1.82) is 0 Å². The molecule has 1 aromatic heterocycles. The highest BCUT2D eigenvalue weighted by atomic mass is 79.9. The summed E-state index contributed by atoms with van der Waals surface area (Å²) >= 11 is 4.97. The first-order valence-electron chi connectivity index (χ1n) is 6.35. The molecular weight excluding hydrogens is 322 g/mol. The van der Waals surface area contributed by atoms with Crippen LogP contribution in [0.3, 0.4) is 0 Å². The van der Waals surface area contributed by atoms with Crippen molar-refractivity contribution in [2.24, 2.45) is 0 Å². The molecule has 1 unspecified atom stereocenters. The van der Waals surface area contributed by atoms with Crippen LogP contribution in [-0.4, -0.2) is 17.4 Å². The lowest BCUT2D eigenvalue weighted by molar-refractivity contribution is 0.0736. The van der Waals surface area contributed by atoms with Gasteiger partial charge in [0.2, 0.25) is 0 Å². The second kappa shape index (κ2) is 5.47. The van der Waals surface area contributed by atoms with Gasteiger partial charge in [-0.15, -0.1) is 11.3 Å². The van der Waals surface area contributed by atoms with Crippen LogP contribution in [0.1, 0.15) is 34.8 Å². The van der Waals surface area contributed by atoms with Gasteiger partial charge in [-0.05, 0) is 40.4 Å². The van der Waals surface area contributed by atoms with Gasteiger partial charge in [0.15, 0.2) is 0 Å². The molecule has 3 rings (SSSR count). The number of hydrogen-bond acceptors (Lipinski definition) is 2. The summed E-state index contributed by atoms with van der Waals surface area (Å²) in [6.07, 6.45) is 2.14. The third-order valence-corrected chi connectivity index (χ3v) is 5.02. The number of carbonyl (C=O) groups is 1. The summed E-state index contributed by atoms with van der Waals surface area (Å²) in [5.74, 6) is 0.147. The van der Waals surface area contributed by atoms with Gasteiger partial charge in [0.05, 0.1) is 15.4 Å². The van der Waals surface area contributed by atoms with Crippen molar-refractivity contribution in [2.45, 2.75) is 18.9 Å². The molecule has 98 valence electrons. The number of thiophene rings is 1. The van der Waals surface area contributed by atoms with Crippen LogP contribution < -0.4 is 0 Å². The third-order valence-electron chi connectivity index (χ3n) is 3.51. The molecule has 2 nitrogen and oxygen atoms in total. The number of likely N-dealkylation sites (tertiary alicyclic amines) is 1.